The van der Waals surface area contributed by atoms with Crippen LogP contribution < -0.4 is 0 Å². The zero-order chi connectivity index (χ0) is 7.82. The Bertz CT molecular complexity index is 154. The maximum Gasteiger partial charge on any atom is 0.560 e. The molecule has 0 nitrogen and oxygen atoms in total. The first-order chi connectivity index (χ1) is 4.81. The lowest BCUT2D eigenvalue weighted by atomic mass is 10.4. The van der Waals surface area contributed by atoms with Crippen molar-refractivity contribution in [3.63, 3.8) is 0 Å². The molecule has 0 spiro atoms. The molecule has 0 saturated carbocycles. The fraction of sp³-hybridized carbons (Fsp3) is 0. The fourth-order valence-corrected chi connectivity index (χ4v) is 0.631. The van der Waals surface area contributed by atoms with E-state index in [1.807, 2.05) is 24.3 Å². The lowest BCUT2D eigenvalue weighted by Gasteiger charge is -1.79. The number of hydrogen-bond donors (Lipinski definition) is 0. The van der Waals surface area contributed by atoms with Crippen LogP contribution in [0, 0.1) is 6.07 Å². The summed E-state index contributed by atoms with van der Waals surface area (Å²) < 4.78 is 1.10. The summed E-state index contributed by atoms with van der Waals surface area (Å²) in [7, 11) is 0. The molecule has 4 heteroatoms. The standard InChI is InChI=1S/C6H4Br.2BrH.Mg/c7-6-4-2-1-3-5-6;;;/h2-5H;2*1H;/q;;;+2/p-2. The van der Waals surface area contributed by atoms with Crippen LogP contribution >= 0.6 is 41.7 Å². The van der Waals surface area contributed by atoms with Gasteiger partial charge in [-0.2, -0.15) is 0 Å². The SMILES string of the molecule is Brc1cc[c]cc1.[Br][Mg][Br]. The van der Waals surface area contributed by atoms with Gasteiger partial charge in [0.1, 0.15) is 0 Å². The van der Waals surface area contributed by atoms with Gasteiger partial charge in [-0.15, -0.1) is 0 Å². The third kappa shape index (κ3) is 7.53. The smallest absolute Gasteiger partial charge is 0.280 e. The highest BCUT2D eigenvalue weighted by Crippen LogP contribution is 2.04. The molecule has 1 radical (unpaired) electrons. The van der Waals surface area contributed by atoms with Gasteiger partial charge in [0.05, 0.1) is 0 Å². The Kier molecular flexibility index (Phi) is 9.74. The Morgan fingerprint density at radius 3 is 1.80 bits per heavy atom. The molecule has 0 amide bonds. The van der Waals surface area contributed by atoms with E-state index in [9.17, 15) is 0 Å². The molecule has 1 aromatic rings. The van der Waals surface area contributed by atoms with Crippen LogP contribution in [0.3, 0.4) is 0 Å². The van der Waals surface area contributed by atoms with Crippen molar-refractivity contribution in [1.29, 1.82) is 0 Å². The van der Waals surface area contributed by atoms with Gasteiger partial charge in [-0.3, -0.25) is 25.8 Å². The van der Waals surface area contributed by atoms with Crippen molar-refractivity contribution in [2.75, 3.05) is 0 Å². The molecule has 0 fully saturated rings. The third-order valence-electron chi connectivity index (χ3n) is 0.678. The highest BCUT2D eigenvalue weighted by atomic mass is 79.9. The Morgan fingerprint density at radius 1 is 1.20 bits per heavy atom. The van der Waals surface area contributed by atoms with E-state index in [1.165, 1.54) is 0 Å². The van der Waals surface area contributed by atoms with E-state index in [2.05, 4.69) is 47.8 Å². The summed E-state index contributed by atoms with van der Waals surface area (Å²) in [6.45, 7) is 0. The molecular weight excluding hydrogens is 336 g/mol. The van der Waals surface area contributed by atoms with Crippen LogP contribution in [0.25, 0.3) is 0 Å². The second kappa shape index (κ2) is 8.52. The Labute approximate surface area is 91.4 Å². The molecule has 1 aromatic carbocycles. The summed E-state index contributed by atoms with van der Waals surface area (Å²) in [6, 6.07) is 10.5. The first-order valence-corrected chi connectivity index (χ1v) is 11.1. The lowest BCUT2D eigenvalue weighted by molar-refractivity contribution is 1.64. The summed E-state index contributed by atoms with van der Waals surface area (Å²) in [5.41, 5.74) is 0. The maximum atomic E-state index is 3.29. The Balaban J connectivity index is 0.000000236. The average Bonchev–Trinajstić information content (AvgIpc) is 1.91. The number of hydrogen-bond acceptors (Lipinski definition) is 0. The zero-order valence-corrected chi connectivity index (χ0v) is 11.3. The van der Waals surface area contributed by atoms with Crippen LogP contribution in [0.15, 0.2) is 28.7 Å². The van der Waals surface area contributed by atoms with Crippen molar-refractivity contribution >= 4 is 57.7 Å². The minimum Gasteiger partial charge on any atom is -0.280 e. The van der Waals surface area contributed by atoms with E-state index < -0.39 is 0 Å². The van der Waals surface area contributed by atoms with Crippen LogP contribution in [0.5, 0.6) is 0 Å². The van der Waals surface area contributed by atoms with Crippen molar-refractivity contribution in [3.05, 3.63) is 34.8 Å². The van der Waals surface area contributed by atoms with Gasteiger partial charge >= 0.3 is 16.0 Å². The molecule has 0 aliphatic carbocycles. The monoisotopic (exact) mass is 337 g/mol. The van der Waals surface area contributed by atoms with Gasteiger partial charge in [0.15, 0.2) is 0 Å². The normalized spacial score (nSPS) is 7.10. The second-order valence-electron chi connectivity index (χ2n) is 1.32. The van der Waals surface area contributed by atoms with Crippen molar-refractivity contribution in [3.8, 4) is 0 Å². The predicted molar refractivity (Wildman–Crippen MR) is 56.6 cm³/mol. The highest BCUT2D eigenvalue weighted by molar-refractivity contribution is 9.47. The lowest BCUT2D eigenvalue weighted by Crippen LogP contribution is -1.56. The number of halogens is 3. The van der Waals surface area contributed by atoms with Crippen molar-refractivity contribution in [1.82, 2.24) is 0 Å². The molecule has 0 aromatic heterocycles. The van der Waals surface area contributed by atoms with Gasteiger partial charge in [-0.25, -0.2) is 0 Å². The van der Waals surface area contributed by atoms with Crippen LogP contribution in [-0.2, 0) is 0 Å². The third-order valence-corrected chi connectivity index (χ3v) is 1.21. The molecule has 0 N–H and O–H groups in total. The number of rotatable bonds is 0. The van der Waals surface area contributed by atoms with E-state index in [1.54, 1.807) is 0 Å². The quantitative estimate of drug-likeness (QED) is 0.634. The van der Waals surface area contributed by atoms with E-state index in [0.29, 0.717) is 0 Å². The van der Waals surface area contributed by atoms with Crippen molar-refractivity contribution in [2.45, 2.75) is 0 Å². The molecular formula is C6H4Br3Mg. The topological polar surface area (TPSA) is 0 Å². The van der Waals surface area contributed by atoms with Crippen LogP contribution in [0.1, 0.15) is 0 Å². The first-order valence-electron chi connectivity index (χ1n) is 2.54. The van der Waals surface area contributed by atoms with Gasteiger partial charge in [-0.05, 0) is 18.2 Å². The summed E-state index contributed by atoms with van der Waals surface area (Å²) in [4.78, 5) is 0. The molecule has 10 heavy (non-hydrogen) atoms. The summed E-state index contributed by atoms with van der Waals surface area (Å²) in [5, 5.41) is 0. The summed E-state index contributed by atoms with van der Waals surface area (Å²) >= 11 is 9.74. The van der Waals surface area contributed by atoms with Crippen LogP contribution in [-0.4, -0.2) is 16.0 Å². The minimum atomic E-state index is 0.0417. The predicted octanol–water partition coefficient (Wildman–Crippen LogP) is 3.56. The number of benzene rings is 1. The fourth-order valence-electron chi connectivity index (χ4n) is 0.367. The molecule has 0 bridgehead atoms. The minimum absolute atomic E-state index is 0.0417. The van der Waals surface area contributed by atoms with Crippen molar-refractivity contribution in [2.24, 2.45) is 0 Å². The first kappa shape index (κ1) is 11.4. The van der Waals surface area contributed by atoms with Crippen LogP contribution in [0.4, 0.5) is 0 Å². The molecule has 0 heterocycles. The van der Waals surface area contributed by atoms with Gasteiger partial charge in [0.2, 0.25) is 0 Å². The second-order valence-corrected chi connectivity index (χ2v) is 10.3. The van der Waals surface area contributed by atoms with Crippen LogP contribution in [0.2, 0.25) is 0 Å². The average molecular weight is 340 g/mol. The Hall–Kier alpha value is 1.43. The van der Waals surface area contributed by atoms with E-state index in [-0.39, 0.29) is 16.0 Å². The summed E-state index contributed by atoms with van der Waals surface area (Å²) in [5.74, 6) is 0. The Morgan fingerprint density at radius 2 is 1.60 bits per heavy atom. The van der Waals surface area contributed by atoms with Gasteiger partial charge in [0, 0.05) is 4.47 Å². The molecule has 0 atom stereocenters. The molecule has 0 unspecified atom stereocenters. The molecule has 51 valence electrons. The highest BCUT2D eigenvalue weighted by Gasteiger charge is 1.74. The largest absolute Gasteiger partial charge is 0.560 e. The van der Waals surface area contributed by atoms with Crippen molar-refractivity contribution < 1.29 is 0 Å². The molecule has 1 rings (SSSR count). The van der Waals surface area contributed by atoms with Gasteiger partial charge < -0.3 is 0 Å². The zero-order valence-electron chi connectivity index (χ0n) is 5.15. The van der Waals surface area contributed by atoms with E-state index >= 15 is 0 Å². The molecule has 0 aliphatic rings. The molecule has 0 aliphatic heterocycles. The van der Waals surface area contributed by atoms with Gasteiger partial charge in [0.25, 0.3) is 0 Å². The summed E-state index contributed by atoms with van der Waals surface area (Å²) in [6.07, 6.45) is 0. The van der Waals surface area contributed by atoms with E-state index in [0.717, 1.165) is 4.47 Å². The van der Waals surface area contributed by atoms with E-state index in [4.69, 9.17) is 0 Å². The van der Waals surface area contributed by atoms with Gasteiger partial charge in [-0.1, -0.05) is 28.1 Å². The maximum absolute atomic E-state index is 3.29. The molecule has 0 saturated heterocycles.